The van der Waals surface area contributed by atoms with Crippen LogP contribution < -0.4 is 0 Å². The van der Waals surface area contributed by atoms with E-state index in [0.717, 1.165) is 59.3 Å². The van der Waals surface area contributed by atoms with E-state index in [4.69, 9.17) is 30.7 Å². The summed E-state index contributed by atoms with van der Waals surface area (Å²) in [5.74, 6) is 3.03. The van der Waals surface area contributed by atoms with Crippen LogP contribution in [0.3, 0.4) is 0 Å². The van der Waals surface area contributed by atoms with Crippen LogP contribution in [-0.2, 0) is 42.0 Å². The van der Waals surface area contributed by atoms with Gasteiger partial charge in [-0.15, -0.1) is 0 Å². The maximum atomic E-state index is 10.7. The fourth-order valence-corrected chi connectivity index (χ4v) is 3.22. The number of halogens is 6. The third-order valence-corrected chi connectivity index (χ3v) is 6.57. The van der Waals surface area contributed by atoms with E-state index in [2.05, 4.69) is 49.8 Å². The van der Waals surface area contributed by atoms with Crippen LogP contribution in [0.1, 0.15) is 13.8 Å². The Morgan fingerprint density at radius 1 is 0.556 bits per heavy atom. The van der Waals surface area contributed by atoms with Crippen molar-refractivity contribution in [3.63, 3.8) is 0 Å². The molecular formula is C28H28F6MnN10O7S2. The summed E-state index contributed by atoms with van der Waals surface area (Å²) in [6, 6.07) is 11.5. The second-order valence-electron chi connectivity index (χ2n) is 9.15. The molecule has 293 valence electrons. The number of imidazole rings is 4. The molecule has 6 heterocycles. The van der Waals surface area contributed by atoms with Gasteiger partial charge in [-0.2, -0.15) is 26.3 Å². The Morgan fingerprint density at radius 3 is 0.907 bits per heavy atom. The van der Waals surface area contributed by atoms with Crippen molar-refractivity contribution >= 4 is 20.2 Å². The summed E-state index contributed by atoms with van der Waals surface area (Å²) >= 11 is 0. The molecule has 1 radical (unpaired) electrons. The molecule has 54 heavy (non-hydrogen) atoms. The van der Waals surface area contributed by atoms with Crippen molar-refractivity contribution in [2.45, 2.75) is 24.9 Å². The molecule has 0 spiro atoms. The maximum Gasteiger partial charge on any atom is 2.00 e. The van der Waals surface area contributed by atoms with Crippen LogP contribution in [-0.4, -0.2) is 100 Å². The number of hydrogen-bond acceptors (Lipinski definition) is 13. The summed E-state index contributed by atoms with van der Waals surface area (Å²) in [6.07, 6.45) is 13.9. The van der Waals surface area contributed by atoms with E-state index in [9.17, 15) is 26.3 Å². The molecule has 0 atom stereocenters. The summed E-state index contributed by atoms with van der Waals surface area (Å²) in [4.78, 5) is 37.7. The van der Waals surface area contributed by atoms with Gasteiger partial charge in [-0.3, -0.25) is 0 Å². The maximum absolute atomic E-state index is 10.7. The minimum atomic E-state index is -6.09. The topological polar surface area (TPSA) is 264 Å². The van der Waals surface area contributed by atoms with Gasteiger partial charge < -0.3 is 33.8 Å². The number of aromatic nitrogens is 10. The standard InChI is InChI=1S/2C11H9N5.C4H10O.2CHF3O3S.Mn/c2*1-2-8(10-12-4-5-13-10)16-9(3-1)11-14-6-7-15-11;1-3-5-4-2;2*2-1(3,4)8(5,6)7;/h2*1-7H,(H,12,13)(H,14,15);3-4H2,1-2H3;2*(H,5,6,7);/q;;;;;+2/p-2. The predicted molar refractivity (Wildman–Crippen MR) is 172 cm³/mol. The number of hydrogen-bond donors (Lipinski definition) is 4. The van der Waals surface area contributed by atoms with Gasteiger partial charge in [-0.05, 0) is 38.1 Å². The SMILES string of the molecule is CCOCC.O=S(=O)([O-])C(F)(F)F.O=S(=O)([O-])C(F)(F)F.[Mn+2].c1cc(-c2ncc[nH]2)nc(-c2ncc[nH]2)c1.c1cc(-c2ncc[nH]2)nc(-c2ncc[nH]2)c1. The molecule has 0 unspecified atom stereocenters. The molecule has 0 saturated carbocycles. The van der Waals surface area contributed by atoms with E-state index in [1.54, 1.807) is 49.6 Å². The van der Waals surface area contributed by atoms with Gasteiger partial charge in [0.15, 0.2) is 43.5 Å². The van der Waals surface area contributed by atoms with E-state index in [1.165, 1.54) is 0 Å². The van der Waals surface area contributed by atoms with Crippen LogP contribution in [0.25, 0.3) is 46.1 Å². The molecule has 0 aliphatic heterocycles. The molecule has 0 fully saturated rings. The van der Waals surface area contributed by atoms with Crippen LogP contribution >= 0.6 is 0 Å². The molecule has 0 aliphatic rings. The van der Waals surface area contributed by atoms with E-state index in [0.29, 0.717) is 0 Å². The Hall–Kier alpha value is -4.98. The van der Waals surface area contributed by atoms with E-state index in [-0.39, 0.29) is 17.1 Å². The summed E-state index contributed by atoms with van der Waals surface area (Å²) < 4.78 is 123. The van der Waals surface area contributed by atoms with Crippen LogP contribution in [0, 0.1) is 0 Å². The molecule has 17 nitrogen and oxygen atoms in total. The summed E-state index contributed by atoms with van der Waals surface area (Å²) in [5, 5.41) is 0. The average Bonchev–Trinajstić information content (AvgIpc) is 3.94. The molecule has 0 aromatic carbocycles. The monoisotopic (exact) mass is 849 g/mol. The smallest absolute Gasteiger partial charge is 0.741 e. The van der Waals surface area contributed by atoms with Gasteiger partial charge in [0.1, 0.15) is 22.8 Å². The van der Waals surface area contributed by atoms with Crippen LogP contribution in [0.5, 0.6) is 0 Å². The van der Waals surface area contributed by atoms with Gasteiger partial charge in [0.2, 0.25) is 0 Å². The Balaban J connectivity index is 0.000000360. The zero-order valence-electron chi connectivity index (χ0n) is 27.5. The fraction of sp³-hybridized carbons (Fsp3) is 0.214. The third-order valence-electron chi connectivity index (χ3n) is 5.44. The van der Waals surface area contributed by atoms with Gasteiger partial charge in [-0.25, -0.2) is 46.7 Å². The minimum Gasteiger partial charge on any atom is -0.741 e. The molecular weight excluding hydrogens is 821 g/mol. The molecule has 6 aromatic heterocycles. The first-order valence-electron chi connectivity index (χ1n) is 14.3. The minimum absolute atomic E-state index is 0. The number of ether oxygens (including phenoxy) is 1. The molecule has 0 aliphatic carbocycles. The van der Waals surface area contributed by atoms with Gasteiger partial charge >= 0.3 is 28.1 Å². The molecule has 26 heteroatoms. The number of nitrogens with zero attached hydrogens (tertiary/aromatic N) is 6. The van der Waals surface area contributed by atoms with Crippen molar-refractivity contribution < 1.29 is 74.1 Å². The quantitative estimate of drug-likeness (QED) is 0.0756. The summed E-state index contributed by atoms with van der Waals surface area (Å²) in [5.41, 5.74) is -8.07. The van der Waals surface area contributed by atoms with Crippen molar-refractivity contribution in [1.82, 2.24) is 49.8 Å². The number of alkyl halides is 6. The van der Waals surface area contributed by atoms with Gasteiger partial charge in [-0.1, -0.05) is 12.1 Å². The number of rotatable bonds is 6. The zero-order valence-corrected chi connectivity index (χ0v) is 30.3. The third kappa shape index (κ3) is 15.9. The first-order chi connectivity index (χ1) is 24.8. The van der Waals surface area contributed by atoms with Crippen molar-refractivity contribution in [3.8, 4) is 46.1 Å². The molecule has 6 rings (SSSR count). The number of H-pyrrole nitrogens is 4. The predicted octanol–water partition coefficient (Wildman–Crippen LogP) is 4.87. The second kappa shape index (κ2) is 21.7. The zero-order chi connectivity index (χ0) is 39.7. The number of aromatic amines is 4. The van der Waals surface area contributed by atoms with E-state index >= 15 is 0 Å². The van der Waals surface area contributed by atoms with Gasteiger partial charge in [0.05, 0.1) is 0 Å². The first-order valence-corrected chi connectivity index (χ1v) is 17.1. The normalized spacial score (nSPS) is 11.1. The number of nitrogens with one attached hydrogen (secondary N) is 4. The largest absolute Gasteiger partial charge is 2.00 e. The van der Waals surface area contributed by atoms with E-state index in [1.807, 2.05) is 50.2 Å². The van der Waals surface area contributed by atoms with Crippen LogP contribution in [0.4, 0.5) is 26.3 Å². The van der Waals surface area contributed by atoms with Crippen molar-refractivity contribution in [2.24, 2.45) is 0 Å². The van der Waals surface area contributed by atoms with Crippen LogP contribution in [0.2, 0.25) is 0 Å². The van der Waals surface area contributed by atoms with Crippen molar-refractivity contribution in [1.29, 1.82) is 0 Å². The average molecular weight is 850 g/mol. The first kappa shape index (κ1) is 47.0. The number of pyridine rings is 2. The Kier molecular flexibility index (Phi) is 18.9. The van der Waals surface area contributed by atoms with Crippen molar-refractivity contribution in [2.75, 3.05) is 13.2 Å². The Bertz CT molecular complexity index is 1870. The van der Waals surface area contributed by atoms with E-state index < -0.39 is 31.3 Å². The second-order valence-corrected chi connectivity index (χ2v) is 11.9. The molecule has 0 amide bonds. The molecule has 4 N–H and O–H groups in total. The molecule has 0 bridgehead atoms. The van der Waals surface area contributed by atoms with Gasteiger partial charge in [0.25, 0.3) is 0 Å². The fourth-order valence-electron chi connectivity index (χ4n) is 3.22. The van der Waals surface area contributed by atoms with Gasteiger partial charge in [0, 0.05) is 62.8 Å². The summed E-state index contributed by atoms with van der Waals surface area (Å²) in [7, 11) is -12.2. The van der Waals surface area contributed by atoms with Crippen molar-refractivity contribution in [3.05, 3.63) is 86.0 Å². The summed E-state index contributed by atoms with van der Waals surface area (Å²) in [6.45, 7) is 5.67. The Morgan fingerprint density at radius 2 is 0.778 bits per heavy atom. The Labute approximate surface area is 313 Å². The molecule has 6 aromatic rings. The molecule has 0 saturated heterocycles. The van der Waals surface area contributed by atoms with Crippen LogP contribution in [0.15, 0.2) is 86.0 Å².